The molecule has 1 heterocycles. The maximum atomic E-state index is 12.0. The average Bonchev–Trinajstić information content (AvgIpc) is 2.42. The highest BCUT2D eigenvalue weighted by molar-refractivity contribution is 5.81. The molecule has 24 heavy (non-hydrogen) atoms. The van der Waals surface area contributed by atoms with Crippen molar-refractivity contribution in [1.29, 1.82) is 0 Å². The molecule has 1 aliphatic rings. The third-order valence-electron chi connectivity index (χ3n) is 2.84. The Bertz CT molecular complexity index is 540. The van der Waals surface area contributed by atoms with Crippen molar-refractivity contribution in [1.82, 2.24) is 0 Å². The summed E-state index contributed by atoms with van der Waals surface area (Å²) in [4.78, 5) is 56.8. The molecule has 10 heteroatoms. The molecule has 0 radical (unpaired) electrons. The molecular weight excluding hydrogens is 328 g/mol. The maximum Gasteiger partial charge on any atom is 0.352 e. The number of carbonyl (C=O) groups is 5. The molecule has 0 bridgehead atoms. The van der Waals surface area contributed by atoms with Gasteiger partial charge in [-0.25, -0.2) is 4.79 Å². The van der Waals surface area contributed by atoms with Crippen molar-refractivity contribution >= 4 is 29.8 Å². The van der Waals surface area contributed by atoms with Gasteiger partial charge >= 0.3 is 29.8 Å². The highest BCUT2D eigenvalue weighted by Gasteiger charge is 2.52. The molecule has 0 amide bonds. The molecule has 0 aromatic heterocycles. The van der Waals surface area contributed by atoms with Gasteiger partial charge in [-0.15, -0.1) is 0 Å². The van der Waals surface area contributed by atoms with Crippen LogP contribution in [0, 0.1) is 0 Å². The monoisotopic (exact) mass is 346 g/mol. The normalized spacial score (nSPS) is 25.9. The zero-order valence-corrected chi connectivity index (χ0v) is 13.6. The van der Waals surface area contributed by atoms with Gasteiger partial charge in [0, 0.05) is 27.7 Å². The first-order chi connectivity index (χ1) is 11.1. The van der Waals surface area contributed by atoms with Crippen LogP contribution in [0.15, 0.2) is 0 Å². The van der Waals surface area contributed by atoms with E-state index in [1.807, 2.05) is 0 Å². The van der Waals surface area contributed by atoms with Crippen LogP contribution < -0.4 is 0 Å². The van der Waals surface area contributed by atoms with Gasteiger partial charge in [-0.2, -0.15) is 0 Å². The Morgan fingerprint density at radius 1 is 0.833 bits per heavy atom. The Labute approximate surface area is 137 Å². The van der Waals surface area contributed by atoms with Crippen molar-refractivity contribution < 1.29 is 47.7 Å². The van der Waals surface area contributed by atoms with Gasteiger partial charge in [-0.1, -0.05) is 0 Å². The van der Waals surface area contributed by atoms with Gasteiger partial charge < -0.3 is 23.7 Å². The quantitative estimate of drug-likeness (QED) is 0.463. The van der Waals surface area contributed by atoms with Crippen LogP contribution in [-0.2, 0) is 47.7 Å². The summed E-state index contributed by atoms with van der Waals surface area (Å²) >= 11 is 0. The standard InChI is InChI=1S/C14H18O10/c1-6(15)20-5-10-11(21-7(2)16)12(22-8(3)17)13(14(19)24-10)23-9(4)18/h10-13H,5H2,1-4H3. The van der Waals surface area contributed by atoms with E-state index in [2.05, 4.69) is 0 Å². The molecule has 0 saturated carbocycles. The summed E-state index contributed by atoms with van der Waals surface area (Å²) in [5.74, 6) is -4.05. The molecule has 0 aromatic carbocycles. The second-order valence-corrected chi connectivity index (χ2v) is 4.96. The van der Waals surface area contributed by atoms with Crippen LogP contribution in [0.1, 0.15) is 27.7 Å². The number of hydrogen-bond acceptors (Lipinski definition) is 10. The van der Waals surface area contributed by atoms with Crippen molar-refractivity contribution in [3.8, 4) is 0 Å². The zero-order chi connectivity index (χ0) is 18.4. The van der Waals surface area contributed by atoms with E-state index in [0.29, 0.717) is 0 Å². The SMILES string of the molecule is CC(=O)OCC1OC(=O)C(OC(C)=O)C(OC(C)=O)C1OC(C)=O. The predicted molar refractivity (Wildman–Crippen MR) is 73.2 cm³/mol. The summed E-state index contributed by atoms with van der Waals surface area (Å²) in [7, 11) is 0. The Balaban J connectivity index is 3.13. The molecule has 0 aromatic rings. The van der Waals surface area contributed by atoms with E-state index in [1.54, 1.807) is 0 Å². The third-order valence-corrected chi connectivity index (χ3v) is 2.84. The molecule has 1 fully saturated rings. The number of carbonyl (C=O) groups excluding carboxylic acids is 5. The van der Waals surface area contributed by atoms with Crippen LogP contribution in [0.4, 0.5) is 0 Å². The molecule has 134 valence electrons. The first-order valence-electron chi connectivity index (χ1n) is 6.97. The molecule has 0 spiro atoms. The minimum absolute atomic E-state index is 0.427. The third kappa shape index (κ3) is 5.52. The number of ether oxygens (including phenoxy) is 5. The number of esters is 5. The largest absolute Gasteiger partial charge is 0.462 e. The van der Waals surface area contributed by atoms with Crippen LogP contribution in [0.25, 0.3) is 0 Å². The van der Waals surface area contributed by atoms with Crippen molar-refractivity contribution in [2.45, 2.75) is 52.1 Å². The molecule has 0 N–H and O–H groups in total. The van der Waals surface area contributed by atoms with Gasteiger partial charge in [0.05, 0.1) is 0 Å². The van der Waals surface area contributed by atoms with Crippen LogP contribution in [0.3, 0.4) is 0 Å². The first kappa shape index (κ1) is 19.4. The van der Waals surface area contributed by atoms with Gasteiger partial charge in [0.25, 0.3) is 0 Å². The average molecular weight is 346 g/mol. The highest BCUT2D eigenvalue weighted by atomic mass is 16.7. The first-order valence-corrected chi connectivity index (χ1v) is 6.97. The van der Waals surface area contributed by atoms with Crippen LogP contribution in [-0.4, -0.2) is 60.9 Å². The second kappa shape index (κ2) is 8.27. The summed E-state index contributed by atoms with van der Waals surface area (Å²) < 4.78 is 24.6. The summed E-state index contributed by atoms with van der Waals surface area (Å²) in [5, 5.41) is 0. The molecule has 1 saturated heterocycles. The Hall–Kier alpha value is -2.65. The van der Waals surface area contributed by atoms with Crippen molar-refractivity contribution in [3.63, 3.8) is 0 Å². The molecule has 4 unspecified atom stereocenters. The van der Waals surface area contributed by atoms with Crippen LogP contribution in [0.5, 0.6) is 0 Å². The summed E-state index contributed by atoms with van der Waals surface area (Å²) in [6.07, 6.45) is -5.57. The fourth-order valence-corrected chi connectivity index (χ4v) is 2.08. The lowest BCUT2D eigenvalue weighted by molar-refractivity contribution is -0.229. The minimum Gasteiger partial charge on any atom is -0.462 e. The zero-order valence-electron chi connectivity index (χ0n) is 13.6. The second-order valence-electron chi connectivity index (χ2n) is 4.96. The van der Waals surface area contributed by atoms with E-state index in [-0.39, 0.29) is 0 Å². The van der Waals surface area contributed by atoms with E-state index < -0.39 is 60.9 Å². The smallest absolute Gasteiger partial charge is 0.352 e. The van der Waals surface area contributed by atoms with Crippen molar-refractivity contribution in [2.24, 2.45) is 0 Å². The lowest BCUT2D eigenvalue weighted by Gasteiger charge is -2.39. The highest BCUT2D eigenvalue weighted by Crippen LogP contribution is 2.25. The van der Waals surface area contributed by atoms with Gasteiger partial charge in [-0.05, 0) is 0 Å². The Morgan fingerprint density at radius 3 is 1.79 bits per heavy atom. The fraction of sp³-hybridized carbons (Fsp3) is 0.643. The lowest BCUT2D eigenvalue weighted by atomic mass is 9.99. The Kier molecular flexibility index (Phi) is 6.69. The van der Waals surface area contributed by atoms with Gasteiger partial charge in [0.15, 0.2) is 18.3 Å². The minimum atomic E-state index is -1.61. The van der Waals surface area contributed by atoms with Crippen molar-refractivity contribution in [3.05, 3.63) is 0 Å². The van der Waals surface area contributed by atoms with E-state index in [0.717, 1.165) is 27.7 Å². The van der Waals surface area contributed by atoms with E-state index in [4.69, 9.17) is 23.7 Å². The van der Waals surface area contributed by atoms with Gasteiger partial charge in [0.2, 0.25) is 6.10 Å². The predicted octanol–water partition coefficient (Wildman–Crippen LogP) is -0.730. The number of rotatable bonds is 5. The number of hydrogen-bond donors (Lipinski definition) is 0. The van der Waals surface area contributed by atoms with E-state index in [9.17, 15) is 24.0 Å². The summed E-state index contributed by atoms with van der Waals surface area (Å²) in [6, 6.07) is 0. The molecule has 0 aliphatic carbocycles. The molecule has 4 atom stereocenters. The van der Waals surface area contributed by atoms with Crippen LogP contribution >= 0.6 is 0 Å². The van der Waals surface area contributed by atoms with Gasteiger partial charge in [-0.3, -0.25) is 19.2 Å². The van der Waals surface area contributed by atoms with Crippen molar-refractivity contribution in [2.75, 3.05) is 6.61 Å². The fourth-order valence-electron chi connectivity index (χ4n) is 2.08. The van der Waals surface area contributed by atoms with Crippen LogP contribution in [0.2, 0.25) is 0 Å². The van der Waals surface area contributed by atoms with E-state index in [1.165, 1.54) is 0 Å². The topological polar surface area (TPSA) is 132 Å². The van der Waals surface area contributed by atoms with E-state index >= 15 is 0 Å². The van der Waals surface area contributed by atoms with Gasteiger partial charge in [0.1, 0.15) is 6.61 Å². The maximum absolute atomic E-state index is 12.0. The lowest BCUT2D eigenvalue weighted by Crippen LogP contribution is -2.60. The molecular formula is C14H18O10. The summed E-state index contributed by atoms with van der Waals surface area (Å²) in [5.41, 5.74) is 0. The summed E-state index contributed by atoms with van der Waals surface area (Å²) in [6.45, 7) is 3.91. The molecule has 1 rings (SSSR count). The molecule has 10 nitrogen and oxygen atoms in total. The Morgan fingerprint density at radius 2 is 1.33 bits per heavy atom. The molecule has 1 aliphatic heterocycles. The number of cyclic esters (lactones) is 1.